The molecule has 0 spiro atoms. The summed E-state index contributed by atoms with van der Waals surface area (Å²) in [6, 6.07) is 0. The monoisotopic (exact) mass is 157 g/mol. The van der Waals surface area contributed by atoms with Crippen LogP contribution in [-0.4, -0.2) is 32.0 Å². The van der Waals surface area contributed by atoms with E-state index in [1.54, 1.807) is 0 Å². The van der Waals surface area contributed by atoms with Gasteiger partial charge in [0.05, 0.1) is 6.61 Å². The van der Waals surface area contributed by atoms with Crippen LogP contribution in [0.1, 0.15) is 0 Å². The fourth-order valence-electron chi connectivity index (χ4n) is 0.794. The smallest absolute Gasteiger partial charge is 0.350 e. The first-order valence-corrected chi connectivity index (χ1v) is 3.47. The number of carbonyl (C=O) groups is 1. The number of hydrogen-bond acceptors (Lipinski definition) is 4. The van der Waals surface area contributed by atoms with Crippen LogP contribution in [0.15, 0.2) is 12.7 Å². The molecule has 1 N–H and O–H groups in total. The normalized spacial score (nSPS) is 23.1. The maximum Gasteiger partial charge on any atom is 0.350 e. The molecule has 0 aromatic carbocycles. The van der Waals surface area contributed by atoms with Gasteiger partial charge in [0.2, 0.25) is 6.23 Å². The van der Waals surface area contributed by atoms with Crippen molar-refractivity contribution in [2.24, 2.45) is 0 Å². The van der Waals surface area contributed by atoms with Gasteiger partial charge in [-0.3, -0.25) is 5.32 Å². The lowest BCUT2D eigenvalue weighted by Gasteiger charge is -2.07. The minimum absolute atomic E-state index is 0.236. The molecule has 11 heavy (non-hydrogen) atoms. The van der Waals surface area contributed by atoms with Gasteiger partial charge in [0, 0.05) is 6.54 Å². The SMILES string of the molecule is C=CCOC(=O)C1NCCO1. The van der Waals surface area contributed by atoms with Crippen LogP contribution in [0.4, 0.5) is 0 Å². The highest BCUT2D eigenvalue weighted by molar-refractivity contribution is 5.74. The highest BCUT2D eigenvalue weighted by Gasteiger charge is 2.23. The molecular weight excluding hydrogens is 146 g/mol. The van der Waals surface area contributed by atoms with Crippen LogP contribution in [0.5, 0.6) is 0 Å². The van der Waals surface area contributed by atoms with Crippen molar-refractivity contribution in [1.29, 1.82) is 0 Å². The highest BCUT2D eigenvalue weighted by atomic mass is 16.6. The summed E-state index contributed by atoms with van der Waals surface area (Å²) in [5.41, 5.74) is 0. The molecule has 1 heterocycles. The lowest BCUT2D eigenvalue weighted by molar-refractivity contribution is -0.154. The van der Waals surface area contributed by atoms with Crippen molar-refractivity contribution in [3.8, 4) is 0 Å². The van der Waals surface area contributed by atoms with Crippen LogP contribution in [0.25, 0.3) is 0 Å². The maximum atomic E-state index is 10.9. The summed E-state index contributed by atoms with van der Waals surface area (Å²) in [6.45, 7) is 4.92. The first kappa shape index (κ1) is 8.23. The predicted molar refractivity (Wildman–Crippen MR) is 38.9 cm³/mol. The fraction of sp³-hybridized carbons (Fsp3) is 0.571. The lowest BCUT2D eigenvalue weighted by atomic mass is 10.5. The molecule has 0 amide bonds. The van der Waals surface area contributed by atoms with Crippen molar-refractivity contribution in [1.82, 2.24) is 5.32 Å². The molecule has 1 aliphatic heterocycles. The Bertz CT molecular complexity index is 152. The minimum Gasteiger partial charge on any atom is -0.459 e. The Balaban J connectivity index is 2.22. The summed E-state index contributed by atoms with van der Waals surface area (Å²) < 4.78 is 9.72. The molecule has 0 saturated carbocycles. The lowest BCUT2D eigenvalue weighted by Crippen LogP contribution is -2.33. The van der Waals surface area contributed by atoms with Crippen molar-refractivity contribution >= 4 is 5.97 Å². The molecule has 1 unspecified atom stereocenters. The fourth-order valence-corrected chi connectivity index (χ4v) is 0.794. The van der Waals surface area contributed by atoms with E-state index in [2.05, 4.69) is 11.9 Å². The zero-order valence-electron chi connectivity index (χ0n) is 6.21. The Morgan fingerprint density at radius 2 is 2.73 bits per heavy atom. The van der Waals surface area contributed by atoms with Crippen LogP contribution in [0, 0.1) is 0 Å². The first-order chi connectivity index (χ1) is 5.34. The molecule has 1 rings (SSSR count). The van der Waals surface area contributed by atoms with Gasteiger partial charge in [-0.05, 0) is 0 Å². The minimum atomic E-state index is -0.574. The number of carbonyl (C=O) groups excluding carboxylic acids is 1. The summed E-state index contributed by atoms with van der Waals surface area (Å²) in [7, 11) is 0. The van der Waals surface area contributed by atoms with Gasteiger partial charge in [0.25, 0.3) is 0 Å². The number of hydrogen-bond donors (Lipinski definition) is 1. The molecular formula is C7H11NO3. The largest absolute Gasteiger partial charge is 0.459 e. The van der Waals surface area contributed by atoms with Gasteiger partial charge in [-0.15, -0.1) is 0 Å². The molecule has 0 radical (unpaired) electrons. The van der Waals surface area contributed by atoms with Gasteiger partial charge < -0.3 is 9.47 Å². The van der Waals surface area contributed by atoms with E-state index in [-0.39, 0.29) is 12.6 Å². The average molecular weight is 157 g/mol. The highest BCUT2D eigenvalue weighted by Crippen LogP contribution is 1.97. The van der Waals surface area contributed by atoms with Gasteiger partial charge in [-0.1, -0.05) is 12.7 Å². The zero-order chi connectivity index (χ0) is 8.10. The Morgan fingerprint density at radius 1 is 1.91 bits per heavy atom. The van der Waals surface area contributed by atoms with Gasteiger partial charge in [-0.25, -0.2) is 4.79 Å². The van der Waals surface area contributed by atoms with Crippen LogP contribution in [0.2, 0.25) is 0 Å². The van der Waals surface area contributed by atoms with Gasteiger partial charge in [-0.2, -0.15) is 0 Å². The van der Waals surface area contributed by atoms with Crippen molar-refractivity contribution in [3.63, 3.8) is 0 Å². The molecule has 0 aliphatic carbocycles. The van der Waals surface area contributed by atoms with E-state index in [9.17, 15) is 4.79 Å². The zero-order valence-corrected chi connectivity index (χ0v) is 6.21. The molecule has 0 aromatic rings. The van der Waals surface area contributed by atoms with Crippen molar-refractivity contribution in [2.75, 3.05) is 19.8 Å². The van der Waals surface area contributed by atoms with E-state index in [0.717, 1.165) is 0 Å². The predicted octanol–water partition coefficient (Wildman–Crippen LogP) is -0.339. The van der Waals surface area contributed by atoms with Crippen molar-refractivity contribution < 1.29 is 14.3 Å². The van der Waals surface area contributed by atoms with Crippen molar-refractivity contribution in [3.05, 3.63) is 12.7 Å². The summed E-state index contributed by atoms with van der Waals surface area (Å²) in [4.78, 5) is 10.9. The quantitative estimate of drug-likeness (QED) is 0.450. The Labute approximate surface area is 65.2 Å². The number of rotatable bonds is 3. The number of esters is 1. The third-order valence-electron chi connectivity index (χ3n) is 1.27. The molecule has 1 fully saturated rings. The summed E-state index contributed by atoms with van der Waals surface area (Å²) in [5.74, 6) is -0.373. The summed E-state index contributed by atoms with van der Waals surface area (Å²) in [5, 5.41) is 2.83. The standard InChI is InChI=1S/C7H11NO3/c1-2-4-11-7(9)6-8-3-5-10-6/h2,6,8H,1,3-5H2. The molecule has 4 nitrogen and oxygen atoms in total. The molecule has 0 bridgehead atoms. The second-order valence-electron chi connectivity index (χ2n) is 2.12. The van der Waals surface area contributed by atoms with E-state index in [4.69, 9.17) is 9.47 Å². The van der Waals surface area contributed by atoms with E-state index >= 15 is 0 Å². The van der Waals surface area contributed by atoms with E-state index in [1.807, 2.05) is 0 Å². The Hall–Kier alpha value is -0.870. The Morgan fingerprint density at radius 3 is 3.27 bits per heavy atom. The Kier molecular flexibility index (Phi) is 3.07. The van der Waals surface area contributed by atoms with Crippen LogP contribution < -0.4 is 5.32 Å². The molecule has 62 valence electrons. The third kappa shape index (κ3) is 2.32. The van der Waals surface area contributed by atoms with E-state index in [1.165, 1.54) is 6.08 Å². The van der Waals surface area contributed by atoms with Gasteiger partial charge in [0.15, 0.2) is 0 Å². The molecule has 1 saturated heterocycles. The van der Waals surface area contributed by atoms with E-state index in [0.29, 0.717) is 13.2 Å². The van der Waals surface area contributed by atoms with Crippen molar-refractivity contribution in [2.45, 2.75) is 6.23 Å². The first-order valence-electron chi connectivity index (χ1n) is 3.47. The molecule has 1 atom stereocenters. The topological polar surface area (TPSA) is 47.6 Å². The number of nitrogens with one attached hydrogen (secondary N) is 1. The van der Waals surface area contributed by atoms with Crippen LogP contribution >= 0.6 is 0 Å². The average Bonchev–Trinajstić information content (AvgIpc) is 2.52. The second-order valence-corrected chi connectivity index (χ2v) is 2.12. The van der Waals surface area contributed by atoms with Gasteiger partial charge >= 0.3 is 5.97 Å². The maximum absolute atomic E-state index is 10.9. The van der Waals surface area contributed by atoms with E-state index < -0.39 is 6.23 Å². The second kappa shape index (κ2) is 4.10. The molecule has 0 aromatic heterocycles. The van der Waals surface area contributed by atoms with Crippen LogP contribution in [-0.2, 0) is 14.3 Å². The summed E-state index contributed by atoms with van der Waals surface area (Å²) >= 11 is 0. The third-order valence-corrected chi connectivity index (χ3v) is 1.27. The van der Waals surface area contributed by atoms with Crippen LogP contribution in [0.3, 0.4) is 0 Å². The molecule has 1 aliphatic rings. The summed E-state index contributed by atoms with van der Waals surface area (Å²) in [6.07, 6.45) is 0.947. The van der Waals surface area contributed by atoms with Gasteiger partial charge in [0.1, 0.15) is 6.61 Å². The number of ether oxygens (including phenoxy) is 2. The molecule has 4 heteroatoms.